The SMILES string of the molecule is C[SiH](C)[Si]([SiH](C)C)([SiH](C)C)[Si]([SiH](C)C)([SiH](C)C)[SiH](C)c1ccccc1. The molecule has 1 aromatic carbocycles. The highest BCUT2D eigenvalue weighted by molar-refractivity contribution is 8.21. The molecule has 0 saturated carbocycles. The van der Waals surface area contributed by atoms with Crippen molar-refractivity contribution >= 4 is 67.4 Å². The van der Waals surface area contributed by atoms with Crippen molar-refractivity contribution in [1.29, 1.82) is 0 Å². The van der Waals surface area contributed by atoms with Crippen molar-refractivity contribution in [3.63, 3.8) is 0 Å². The zero-order valence-electron chi connectivity index (χ0n) is 18.9. The van der Waals surface area contributed by atoms with E-state index in [2.05, 4.69) is 102 Å². The van der Waals surface area contributed by atoms with Crippen LogP contribution < -0.4 is 5.19 Å². The third-order valence-electron chi connectivity index (χ3n) is 7.54. The summed E-state index contributed by atoms with van der Waals surface area (Å²) >= 11 is 0. The van der Waals surface area contributed by atoms with Gasteiger partial charge in [-0.25, -0.2) is 0 Å². The van der Waals surface area contributed by atoms with Gasteiger partial charge in [0, 0.05) is 53.9 Å². The van der Waals surface area contributed by atoms with Gasteiger partial charge in [-0.1, -0.05) is 108 Å². The maximum atomic E-state index is 2.87. The Morgan fingerprint density at radius 3 is 1.08 bits per heavy atom. The molecule has 0 spiro atoms. The summed E-state index contributed by atoms with van der Waals surface area (Å²) in [4.78, 5) is 0. The van der Waals surface area contributed by atoms with Crippen LogP contribution in [0.2, 0.25) is 72.0 Å². The first-order valence-corrected chi connectivity index (χ1v) is 39.7. The molecule has 0 bridgehead atoms. The lowest BCUT2D eigenvalue weighted by Gasteiger charge is -2.62. The van der Waals surface area contributed by atoms with Gasteiger partial charge < -0.3 is 0 Å². The van der Waals surface area contributed by atoms with Crippen LogP contribution in [0, 0.1) is 0 Å². The molecular weight excluding hydrogens is 429 g/mol. The van der Waals surface area contributed by atoms with Crippen LogP contribution in [-0.2, 0) is 0 Å². The molecule has 0 aliphatic rings. The summed E-state index contributed by atoms with van der Waals surface area (Å²) in [6, 6.07) is 12.0. The van der Waals surface area contributed by atoms with Crippen LogP contribution in [0.4, 0.5) is 0 Å². The predicted octanol–water partition coefficient (Wildman–Crippen LogP) is 2.63. The normalized spacial score (nSPS) is 15.0. The molecule has 0 amide bonds. The van der Waals surface area contributed by atoms with Crippen molar-refractivity contribution in [3.8, 4) is 0 Å². The summed E-state index contributed by atoms with van der Waals surface area (Å²) in [6.45, 7) is 31.3. The molecule has 25 heavy (non-hydrogen) atoms. The second-order valence-corrected chi connectivity index (χ2v) is 91.9. The summed E-state index contributed by atoms with van der Waals surface area (Å²) in [5.74, 6) is 0. The summed E-state index contributed by atoms with van der Waals surface area (Å²) in [5.41, 5.74) is 0. The van der Waals surface area contributed by atoms with Crippen LogP contribution in [0.1, 0.15) is 0 Å². The van der Waals surface area contributed by atoms with E-state index in [0.717, 1.165) is 0 Å². The van der Waals surface area contributed by atoms with Gasteiger partial charge in [-0.2, -0.15) is 0 Å². The number of hydrogen-bond acceptors (Lipinski definition) is 0. The molecule has 0 N–H and O–H groups in total. The molecule has 8 heteroatoms. The van der Waals surface area contributed by atoms with Gasteiger partial charge in [0.1, 0.15) is 0 Å². The van der Waals surface area contributed by atoms with Gasteiger partial charge in [-0.15, -0.1) is 0 Å². The minimum atomic E-state index is -1.02. The first-order chi connectivity index (χ1) is 11.5. The minimum absolute atomic E-state index is 0.526. The molecule has 1 unspecified atom stereocenters. The Balaban J connectivity index is 3.88. The molecule has 144 valence electrons. The van der Waals surface area contributed by atoms with Crippen molar-refractivity contribution in [2.75, 3.05) is 0 Å². The van der Waals surface area contributed by atoms with E-state index in [4.69, 9.17) is 0 Å². The third kappa shape index (κ3) is 3.92. The summed E-state index contributed by atoms with van der Waals surface area (Å²) in [6.07, 6.45) is -1.96. The van der Waals surface area contributed by atoms with Crippen molar-refractivity contribution in [2.45, 2.75) is 72.0 Å². The fourth-order valence-corrected chi connectivity index (χ4v) is 341. The summed E-state index contributed by atoms with van der Waals surface area (Å²) in [5, 5.41) is 1.87. The summed E-state index contributed by atoms with van der Waals surface area (Å²) < 4.78 is 0. The van der Waals surface area contributed by atoms with Gasteiger partial charge in [-0.05, 0) is 0 Å². The zero-order valence-corrected chi connectivity index (χ0v) is 27.8. The Morgan fingerprint density at radius 1 is 0.480 bits per heavy atom. The molecule has 0 aliphatic heterocycles. The van der Waals surface area contributed by atoms with Crippen LogP contribution >= 0.6 is 0 Å². The van der Waals surface area contributed by atoms with Crippen LogP contribution in [0.25, 0.3) is 0 Å². The molecular formula is C17H44Si8. The predicted molar refractivity (Wildman–Crippen MR) is 145 cm³/mol. The van der Waals surface area contributed by atoms with E-state index >= 15 is 0 Å². The fourth-order valence-electron chi connectivity index (χ4n) is 7.56. The molecule has 0 fully saturated rings. The number of hydrogen-bond donors (Lipinski definition) is 0. The quantitative estimate of drug-likeness (QED) is 0.510. The largest absolute Gasteiger partial charge is 0.0747 e. The molecule has 0 nitrogen and oxygen atoms in total. The second-order valence-electron chi connectivity index (χ2n) is 9.77. The monoisotopic (exact) mass is 472 g/mol. The average Bonchev–Trinajstić information content (AvgIpc) is 2.50. The lowest BCUT2D eigenvalue weighted by Crippen LogP contribution is -2.95. The van der Waals surface area contributed by atoms with E-state index in [1.54, 1.807) is 0 Å². The van der Waals surface area contributed by atoms with Gasteiger partial charge in [-0.3, -0.25) is 0 Å². The molecule has 0 radical (unpaired) electrons. The smallest absolute Gasteiger partial charge is 0.0536 e. The van der Waals surface area contributed by atoms with Gasteiger partial charge in [0.05, 0.1) is 8.31 Å². The van der Waals surface area contributed by atoms with Crippen LogP contribution in [0.5, 0.6) is 0 Å². The van der Waals surface area contributed by atoms with Gasteiger partial charge in [0.2, 0.25) is 0 Å². The van der Waals surface area contributed by atoms with Crippen molar-refractivity contribution in [1.82, 2.24) is 0 Å². The Labute approximate surface area is 169 Å². The Bertz CT molecular complexity index is 497. The van der Waals surface area contributed by atoms with Crippen molar-refractivity contribution in [2.24, 2.45) is 0 Å². The van der Waals surface area contributed by atoms with E-state index in [1.165, 1.54) is 0 Å². The van der Waals surface area contributed by atoms with E-state index in [0.29, 0.717) is 0 Å². The van der Waals surface area contributed by atoms with Crippen LogP contribution in [0.15, 0.2) is 30.3 Å². The molecule has 0 heterocycles. The highest BCUT2D eigenvalue weighted by Crippen LogP contribution is 2.34. The molecule has 1 atom stereocenters. The van der Waals surface area contributed by atoms with E-state index in [1.807, 2.05) is 5.19 Å². The zero-order chi connectivity index (χ0) is 19.6. The second kappa shape index (κ2) is 9.44. The van der Waals surface area contributed by atoms with Gasteiger partial charge >= 0.3 is 0 Å². The minimum Gasteiger partial charge on any atom is -0.0747 e. The average molecular weight is 473 g/mol. The fraction of sp³-hybridized carbons (Fsp3) is 0.647. The molecule has 1 rings (SSSR count). The van der Waals surface area contributed by atoms with Crippen LogP contribution in [-0.4, -0.2) is 62.2 Å². The highest BCUT2D eigenvalue weighted by Gasteiger charge is 2.65. The molecule has 0 aliphatic carbocycles. The first kappa shape index (κ1) is 24.0. The van der Waals surface area contributed by atoms with Crippen molar-refractivity contribution in [3.05, 3.63) is 30.3 Å². The number of benzene rings is 1. The van der Waals surface area contributed by atoms with Gasteiger partial charge in [0.25, 0.3) is 0 Å². The van der Waals surface area contributed by atoms with E-state index in [9.17, 15) is 0 Å². The summed E-state index contributed by atoms with van der Waals surface area (Å²) in [7, 11) is -3.51. The molecule has 1 aromatic rings. The number of rotatable bonds is 8. The molecule has 0 saturated heterocycles. The first-order valence-electron chi connectivity index (χ1n) is 10.5. The Hall–Kier alpha value is 0.955. The van der Waals surface area contributed by atoms with E-state index in [-0.39, 0.29) is 0 Å². The van der Waals surface area contributed by atoms with Gasteiger partial charge in [0.15, 0.2) is 0 Å². The third-order valence-corrected chi connectivity index (χ3v) is 213. The standard InChI is InChI=1S/C17H44Si8/c1-18(2)24(19(3)4,20(5)6)25(21(7)8,22(9)10)23(11)17-15-13-12-14-16-17/h12-16,18-23H,1-11H3. The maximum absolute atomic E-state index is 2.87. The molecule has 0 aromatic heterocycles. The highest BCUT2D eigenvalue weighted by atomic mass is 30.4. The van der Waals surface area contributed by atoms with E-state index < -0.39 is 62.2 Å². The Kier molecular flexibility index (Phi) is 9.06. The lowest BCUT2D eigenvalue weighted by molar-refractivity contribution is 1.76. The van der Waals surface area contributed by atoms with Crippen LogP contribution in [0.3, 0.4) is 0 Å². The maximum Gasteiger partial charge on any atom is 0.0536 e. The topological polar surface area (TPSA) is 0 Å². The Morgan fingerprint density at radius 2 is 0.800 bits per heavy atom. The lowest BCUT2D eigenvalue weighted by atomic mass is 10.4. The van der Waals surface area contributed by atoms with Crippen molar-refractivity contribution < 1.29 is 0 Å².